The first-order chi connectivity index (χ1) is 20.6. The van der Waals surface area contributed by atoms with Crippen molar-refractivity contribution in [1.82, 2.24) is 20.1 Å². The quantitative estimate of drug-likeness (QED) is 0.342. The first-order valence-corrected chi connectivity index (χ1v) is 17.1. The molecule has 3 amide bonds. The van der Waals surface area contributed by atoms with Gasteiger partial charge in [0, 0.05) is 42.1 Å². The predicted molar refractivity (Wildman–Crippen MR) is 159 cm³/mol. The standard InChI is InChI=1S/C30H34FN4O6PS/c31-27(42(39,40)41)18-7-10-25-21(14-18)15-26(43-25)28(36)33-23-6-2-1-5-22-8-9-24(35(22)29(23)37)30(38)34-13-11-20(17-34)19-4-3-12-32-16-19/h3-4,7,10,12,14-16,20,22-24,27H,1-2,5-6,8-9,11,13,17H2,(H,33,36)(H2,39,40,41)/t20?,22-,23-,24-,27?/m0/s1. The minimum Gasteiger partial charge on any atom is -0.340 e. The lowest BCUT2D eigenvalue weighted by atomic mass is 9.99. The van der Waals surface area contributed by atoms with Crippen molar-refractivity contribution in [3.05, 3.63) is 64.8 Å². The molecule has 13 heteroatoms. The smallest absolute Gasteiger partial charge is 0.340 e. The molecule has 3 aliphatic heterocycles. The first kappa shape index (κ1) is 29.9. The van der Waals surface area contributed by atoms with Crippen LogP contribution in [0, 0.1) is 0 Å². The van der Waals surface area contributed by atoms with E-state index < -0.39 is 31.5 Å². The summed E-state index contributed by atoms with van der Waals surface area (Å²) in [5.41, 5.74) is 0.942. The molecule has 3 aliphatic rings. The van der Waals surface area contributed by atoms with Crippen molar-refractivity contribution in [2.45, 2.75) is 74.9 Å². The van der Waals surface area contributed by atoms with Crippen molar-refractivity contribution in [2.75, 3.05) is 13.1 Å². The zero-order chi connectivity index (χ0) is 30.3. The maximum absolute atomic E-state index is 14.2. The fraction of sp³-hybridized carbons (Fsp3) is 0.467. The second kappa shape index (κ2) is 12.1. The highest BCUT2D eigenvalue weighted by Crippen LogP contribution is 2.53. The molecule has 0 bridgehead atoms. The summed E-state index contributed by atoms with van der Waals surface area (Å²) < 4.78 is 26.3. The normalized spacial score (nSPS) is 25.3. The van der Waals surface area contributed by atoms with Crippen LogP contribution < -0.4 is 5.32 Å². The minimum atomic E-state index is -4.97. The maximum Gasteiger partial charge on any atom is 0.363 e. The van der Waals surface area contributed by atoms with E-state index in [4.69, 9.17) is 0 Å². The van der Waals surface area contributed by atoms with Crippen LogP contribution >= 0.6 is 18.9 Å². The number of nitrogens with zero attached hydrogens (tertiary/aromatic N) is 3. The summed E-state index contributed by atoms with van der Waals surface area (Å²) in [6.07, 6.45) is 8.74. The molecule has 0 saturated carbocycles. The van der Waals surface area contributed by atoms with Crippen molar-refractivity contribution in [2.24, 2.45) is 0 Å². The van der Waals surface area contributed by atoms with Gasteiger partial charge in [0.25, 0.3) is 5.91 Å². The molecule has 3 N–H and O–H groups in total. The Bertz CT molecular complexity index is 1580. The van der Waals surface area contributed by atoms with E-state index in [2.05, 4.69) is 10.3 Å². The molecular weight excluding hydrogens is 594 g/mol. The number of carbonyl (C=O) groups is 3. The van der Waals surface area contributed by atoms with E-state index in [1.807, 2.05) is 23.2 Å². The summed E-state index contributed by atoms with van der Waals surface area (Å²) in [5.74, 6) is -2.95. The molecule has 3 aromatic rings. The topological polar surface area (TPSA) is 140 Å². The number of pyridine rings is 1. The third-order valence-electron chi connectivity index (χ3n) is 8.92. The molecule has 43 heavy (non-hydrogen) atoms. The Hall–Kier alpha value is -3.18. The van der Waals surface area contributed by atoms with Gasteiger partial charge in [-0.05, 0) is 72.9 Å². The molecule has 0 spiro atoms. The van der Waals surface area contributed by atoms with Crippen molar-refractivity contribution >= 4 is 46.7 Å². The molecule has 228 valence electrons. The molecule has 2 aromatic heterocycles. The lowest BCUT2D eigenvalue weighted by molar-refractivity contribution is -0.146. The highest BCUT2D eigenvalue weighted by atomic mass is 32.1. The molecule has 2 unspecified atom stereocenters. The molecule has 10 nitrogen and oxygen atoms in total. The number of halogens is 1. The molecular formula is C30H34FN4O6PS. The van der Waals surface area contributed by atoms with Gasteiger partial charge in [0.15, 0.2) is 0 Å². The molecule has 5 atom stereocenters. The Balaban J connectivity index is 1.16. The largest absolute Gasteiger partial charge is 0.363 e. The summed E-state index contributed by atoms with van der Waals surface area (Å²) in [6, 6.07) is 8.25. The van der Waals surface area contributed by atoms with Gasteiger partial charge >= 0.3 is 7.60 Å². The van der Waals surface area contributed by atoms with Crippen molar-refractivity contribution in [3.63, 3.8) is 0 Å². The average Bonchev–Trinajstić information content (AvgIpc) is 3.75. The van der Waals surface area contributed by atoms with E-state index >= 15 is 0 Å². The van der Waals surface area contributed by atoms with Crippen molar-refractivity contribution in [3.8, 4) is 0 Å². The van der Waals surface area contributed by atoms with Crippen LogP contribution in [-0.2, 0) is 14.2 Å². The molecule has 0 radical (unpaired) electrons. The predicted octanol–water partition coefficient (Wildman–Crippen LogP) is 4.49. The third kappa shape index (κ3) is 6.11. The van der Waals surface area contributed by atoms with Crippen LogP contribution in [0.15, 0.2) is 48.8 Å². The van der Waals surface area contributed by atoms with Gasteiger partial charge in [-0.2, -0.15) is 0 Å². The SMILES string of the molecule is O=C(N[C@H]1CCCC[C@H]2CC[C@@H](C(=O)N3CCC(c4cccnc4)C3)N2C1=O)c1cc2cc(C(F)P(=O)(O)O)ccc2s1. The van der Waals surface area contributed by atoms with Gasteiger partial charge in [0.2, 0.25) is 17.7 Å². The number of benzene rings is 1. The Labute approximate surface area is 252 Å². The zero-order valence-electron chi connectivity index (χ0n) is 23.5. The number of hydrogen-bond acceptors (Lipinski definition) is 6. The second-order valence-electron chi connectivity index (χ2n) is 11.7. The number of hydrogen-bond donors (Lipinski definition) is 3. The lowest BCUT2D eigenvalue weighted by Gasteiger charge is -2.36. The average molecular weight is 629 g/mol. The molecule has 5 heterocycles. The van der Waals surface area contributed by atoms with Crippen LogP contribution in [0.2, 0.25) is 0 Å². The number of aromatic nitrogens is 1. The van der Waals surface area contributed by atoms with Crippen molar-refractivity contribution < 1.29 is 33.1 Å². The molecule has 0 aliphatic carbocycles. The van der Waals surface area contributed by atoms with Crippen LogP contribution in [0.3, 0.4) is 0 Å². The van der Waals surface area contributed by atoms with E-state index in [0.717, 1.165) is 49.0 Å². The number of alkyl halides is 1. The van der Waals surface area contributed by atoms with Crippen molar-refractivity contribution in [1.29, 1.82) is 0 Å². The zero-order valence-corrected chi connectivity index (χ0v) is 25.2. The Morgan fingerprint density at radius 3 is 2.67 bits per heavy atom. The first-order valence-electron chi connectivity index (χ1n) is 14.6. The van der Waals surface area contributed by atoms with Gasteiger partial charge in [-0.1, -0.05) is 25.0 Å². The Morgan fingerprint density at radius 2 is 1.91 bits per heavy atom. The van der Waals surface area contributed by atoms with E-state index in [-0.39, 0.29) is 29.3 Å². The van der Waals surface area contributed by atoms with E-state index in [1.165, 1.54) is 24.3 Å². The summed E-state index contributed by atoms with van der Waals surface area (Å²) >= 11 is 1.15. The second-order valence-corrected chi connectivity index (χ2v) is 14.4. The summed E-state index contributed by atoms with van der Waals surface area (Å²) in [4.78, 5) is 67.6. The number of amides is 3. The monoisotopic (exact) mass is 628 g/mol. The lowest BCUT2D eigenvalue weighted by Crippen LogP contribution is -2.56. The number of fused-ring (bicyclic) bond motifs is 2. The fourth-order valence-electron chi connectivity index (χ4n) is 6.71. The van der Waals surface area contributed by atoms with Crippen LogP contribution in [-0.4, -0.2) is 73.5 Å². The Morgan fingerprint density at radius 1 is 1.09 bits per heavy atom. The van der Waals surface area contributed by atoms with Crippen LogP contribution in [0.1, 0.15) is 77.6 Å². The number of nitrogens with one attached hydrogen (secondary N) is 1. The highest BCUT2D eigenvalue weighted by molar-refractivity contribution is 7.51. The number of likely N-dealkylation sites (tertiary alicyclic amines) is 1. The van der Waals surface area contributed by atoms with Gasteiger partial charge < -0.3 is 24.9 Å². The number of rotatable bonds is 6. The highest BCUT2D eigenvalue weighted by Gasteiger charge is 2.46. The molecule has 3 saturated heterocycles. The summed E-state index contributed by atoms with van der Waals surface area (Å²) in [5, 5.41) is 3.38. The summed E-state index contributed by atoms with van der Waals surface area (Å²) in [6.45, 7) is 1.23. The number of thiophene rings is 1. The van der Waals surface area contributed by atoms with Crippen LogP contribution in [0.25, 0.3) is 10.1 Å². The van der Waals surface area contributed by atoms with E-state index in [9.17, 15) is 33.1 Å². The van der Waals surface area contributed by atoms with E-state index in [1.54, 1.807) is 11.1 Å². The van der Waals surface area contributed by atoms with E-state index in [0.29, 0.717) is 40.9 Å². The fourth-order valence-corrected chi connectivity index (χ4v) is 8.21. The minimum absolute atomic E-state index is 0.0327. The molecule has 6 rings (SSSR count). The number of carbonyl (C=O) groups excluding carboxylic acids is 3. The maximum atomic E-state index is 14.2. The van der Waals surface area contributed by atoms with Gasteiger partial charge in [-0.15, -0.1) is 11.3 Å². The van der Waals surface area contributed by atoms with Gasteiger partial charge in [0.1, 0.15) is 12.1 Å². The van der Waals surface area contributed by atoms with Gasteiger partial charge in [-0.3, -0.25) is 23.9 Å². The summed E-state index contributed by atoms with van der Waals surface area (Å²) in [7, 11) is -4.97. The van der Waals surface area contributed by atoms with Gasteiger partial charge in [0.05, 0.1) is 4.88 Å². The molecule has 1 aromatic carbocycles. The third-order valence-corrected chi connectivity index (χ3v) is 10.9. The van der Waals surface area contributed by atoms with Crippen LogP contribution in [0.4, 0.5) is 4.39 Å². The molecule has 3 fully saturated rings. The van der Waals surface area contributed by atoms with Crippen LogP contribution in [0.5, 0.6) is 0 Å². The van der Waals surface area contributed by atoms with Gasteiger partial charge in [-0.25, -0.2) is 4.39 Å². The Kier molecular flexibility index (Phi) is 8.39.